The minimum absolute atomic E-state index is 0.370. The molecular formula is C23H18ClN3O4. The summed E-state index contributed by atoms with van der Waals surface area (Å²) in [4.78, 5) is 35.8. The summed E-state index contributed by atoms with van der Waals surface area (Å²) in [5.74, 6) is -1.87. The largest absolute Gasteiger partial charge is 0.423 e. The molecule has 0 aliphatic rings. The number of carbonyl (C=O) groups is 3. The number of benzene rings is 3. The lowest BCUT2D eigenvalue weighted by Crippen LogP contribution is -2.32. The highest BCUT2D eigenvalue weighted by Gasteiger charge is 2.12. The van der Waals surface area contributed by atoms with Crippen LogP contribution in [0.25, 0.3) is 0 Å². The molecular weight excluding hydrogens is 418 g/mol. The molecule has 0 saturated heterocycles. The number of anilines is 1. The van der Waals surface area contributed by atoms with Crippen molar-refractivity contribution in [3.05, 3.63) is 94.5 Å². The summed E-state index contributed by atoms with van der Waals surface area (Å²) in [6.07, 6.45) is 1.36. The molecule has 8 heteroatoms. The van der Waals surface area contributed by atoms with Crippen LogP contribution in [-0.2, 0) is 9.59 Å². The number of carbonyl (C=O) groups excluding carboxylic acids is 3. The average Bonchev–Trinajstić information content (AvgIpc) is 2.77. The number of halogens is 1. The van der Waals surface area contributed by atoms with Gasteiger partial charge in [0.15, 0.2) is 0 Å². The van der Waals surface area contributed by atoms with Gasteiger partial charge in [-0.2, -0.15) is 5.10 Å². The fraction of sp³-hybridized carbons (Fsp3) is 0.0435. The fourth-order valence-corrected chi connectivity index (χ4v) is 2.54. The van der Waals surface area contributed by atoms with Crippen molar-refractivity contribution in [2.45, 2.75) is 6.92 Å². The molecule has 0 aliphatic heterocycles. The number of esters is 1. The van der Waals surface area contributed by atoms with Crippen molar-refractivity contribution in [3.8, 4) is 5.75 Å². The Balaban J connectivity index is 1.50. The molecule has 0 aliphatic carbocycles. The van der Waals surface area contributed by atoms with Gasteiger partial charge in [-0.05, 0) is 73.2 Å². The number of nitrogens with zero attached hydrogens (tertiary/aromatic N) is 1. The van der Waals surface area contributed by atoms with Crippen LogP contribution in [0.5, 0.6) is 5.75 Å². The summed E-state index contributed by atoms with van der Waals surface area (Å²) in [6.45, 7) is 1.93. The van der Waals surface area contributed by atoms with Gasteiger partial charge in [-0.3, -0.25) is 9.59 Å². The highest BCUT2D eigenvalue weighted by atomic mass is 35.5. The van der Waals surface area contributed by atoms with Gasteiger partial charge >= 0.3 is 17.8 Å². The van der Waals surface area contributed by atoms with Crippen molar-refractivity contribution in [3.63, 3.8) is 0 Å². The van der Waals surface area contributed by atoms with E-state index in [1.807, 2.05) is 19.1 Å². The third-order valence-corrected chi connectivity index (χ3v) is 4.32. The highest BCUT2D eigenvalue weighted by molar-refractivity contribution is 6.39. The van der Waals surface area contributed by atoms with Crippen LogP contribution in [0.4, 0.5) is 5.69 Å². The van der Waals surface area contributed by atoms with Crippen LogP contribution < -0.4 is 15.5 Å². The summed E-state index contributed by atoms with van der Waals surface area (Å²) in [5.41, 5.74) is 4.72. The zero-order valence-electron chi connectivity index (χ0n) is 16.5. The summed E-state index contributed by atoms with van der Waals surface area (Å²) in [6, 6.07) is 19.9. The van der Waals surface area contributed by atoms with E-state index in [1.165, 1.54) is 6.21 Å². The van der Waals surface area contributed by atoms with Crippen LogP contribution in [0.15, 0.2) is 77.9 Å². The Morgan fingerprint density at radius 3 is 2.16 bits per heavy atom. The first-order chi connectivity index (χ1) is 14.9. The molecule has 2 amide bonds. The fourth-order valence-electron chi connectivity index (χ4n) is 2.41. The van der Waals surface area contributed by atoms with Crippen LogP contribution in [-0.4, -0.2) is 24.0 Å². The second-order valence-corrected chi connectivity index (χ2v) is 6.92. The molecule has 0 aromatic heterocycles. The SMILES string of the molecule is Cc1ccc(C(=O)Oc2ccc(/C=N/NC(=O)C(=O)Nc3ccc(Cl)cc3)cc2)cc1. The van der Waals surface area contributed by atoms with E-state index in [9.17, 15) is 14.4 Å². The number of hydrogen-bond donors (Lipinski definition) is 2. The predicted octanol–water partition coefficient (Wildman–Crippen LogP) is 3.96. The number of rotatable bonds is 5. The quantitative estimate of drug-likeness (QED) is 0.208. The lowest BCUT2D eigenvalue weighted by molar-refractivity contribution is -0.136. The van der Waals surface area contributed by atoms with E-state index in [1.54, 1.807) is 60.7 Å². The van der Waals surface area contributed by atoms with Gasteiger partial charge in [0.2, 0.25) is 0 Å². The summed E-state index contributed by atoms with van der Waals surface area (Å²) in [5, 5.41) is 6.69. The lowest BCUT2D eigenvalue weighted by atomic mass is 10.1. The standard InChI is InChI=1S/C23H18ClN3O4/c1-15-2-6-17(7-3-15)23(30)31-20-12-4-16(5-13-20)14-25-27-22(29)21(28)26-19-10-8-18(24)9-11-19/h2-14H,1H3,(H,26,28)(H,27,29)/b25-14+. The van der Waals surface area contributed by atoms with Gasteiger partial charge in [0.05, 0.1) is 11.8 Å². The molecule has 2 N–H and O–H groups in total. The Kier molecular flexibility index (Phi) is 7.13. The second-order valence-electron chi connectivity index (χ2n) is 6.48. The number of nitrogens with one attached hydrogen (secondary N) is 2. The van der Waals surface area contributed by atoms with Crippen molar-refractivity contribution in [1.82, 2.24) is 5.43 Å². The van der Waals surface area contributed by atoms with E-state index < -0.39 is 17.8 Å². The van der Waals surface area contributed by atoms with E-state index in [0.29, 0.717) is 27.6 Å². The molecule has 0 unspecified atom stereocenters. The highest BCUT2D eigenvalue weighted by Crippen LogP contribution is 2.15. The van der Waals surface area contributed by atoms with Crippen molar-refractivity contribution in [2.24, 2.45) is 5.10 Å². The summed E-state index contributed by atoms with van der Waals surface area (Å²) >= 11 is 5.77. The minimum atomic E-state index is -0.921. The molecule has 3 aromatic rings. The molecule has 156 valence electrons. The zero-order valence-corrected chi connectivity index (χ0v) is 17.2. The van der Waals surface area contributed by atoms with Gasteiger partial charge in [0.25, 0.3) is 0 Å². The third kappa shape index (κ3) is 6.52. The Hall–Kier alpha value is -3.97. The van der Waals surface area contributed by atoms with Crippen molar-refractivity contribution in [2.75, 3.05) is 5.32 Å². The van der Waals surface area contributed by atoms with E-state index in [0.717, 1.165) is 5.56 Å². The van der Waals surface area contributed by atoms with E-state index in [2.05, 4.69) is 15.8 Å². The van der Waals surface area contributed by atoms with Gasteiger partial charge in [0.1, 0.15) is 5.75 Å². The zero-order chi connectivity index (χ0) is 22.2. The molecule has 3 rings (SSSR count). The molecule has 0 radical (unpaired) electrons. The molecule has 31 heavy (non-hydrogen) atoms. The molecule has 0 bridgehead atoms. The van der Waals surface area contributed by atoms with Gasteiger partial charge in [-0.15, -0.1) is 0 Å². The summed E-state index contributed by atoms with van der Waals surface area (Å²) < 4.78 is 5.32. The minimum Gasteiger partial charge on any atom is -0.423 e. The number of hydrogen-bond acceptors (Lipinski definition) is 5. The normalized spacial score (nSPS) is 10.5. The molecule has 0 spiro atoms. The molecule has 0 fully saturated rings. The molecule has 0 heterocycles. The lowest BCUT2D eigenvalue weighted by Gasteiger charge is -2.05. The maximum Gasteiger partial charge on any atom is 0.343 e. The van der Waals surface area contributed by atoms with Crippen LogP contribution in [0.2, 0.25) is 5.02 Å². The first-order valence-corrected chi connectivity index (χ1v) is 9.57. The van der Waals surface area contributed by atoms with E-state index in [-0.39, 0.29) is 0 Å². The monoisotopic (exact) mass is 435 g/mol. The van der Waals surface area contributed by atoms with Crippen LogP contribution >= 0.6 is 11.6 Å². The van der Waals surface area contributed by atoms with Gasteiger partial charge in [-0.25, -0.2) is 10.2 Å². The van der Waals surface area contributed by atoms with Crippen molar-refractivity contribution in [1.29, 1.82) is 0 Å². The Labute approximate surface area is 183 Å². The van der Waals surface area contributed by atoms with E-state index >= 15 is 0 Å². The molecule has 7 nitrogen and oxygen atoms in total. The maximum absolute atomic E-state index is 12.1. The number of amides is 2. The van der Waals surface area contributed by atoms with E-state index in [4.69, 9.17) is 16.3 Å². The number of aryl methyl sites for hydroxylation is 1. The Morgan fingerprint density at radius 2 is 1.52 bits per heavy atom. The van der Waals surface area contributed by atoms with Gasteiger partial charge < -0.3 is 10.1 Å². The smallest absolute Gasteiger partial charge is 0.343 e. The molecule has 0 atom stereocenters. The predicted molar refractivity (Wildman–Crippen MR) is 118 cm³/mol. The Morgan fingerprint density at radius 1 is 0.871 bits per heavy atom. The Bertz CT molecular complexity index is 1110. The number of ether oxygens (including phenoxy) is 1. The number of hydrazone groups is 1. The van der Waals surface area contributed by atoms with Crippen LogP contribution in [0.1, 0.15) is 21.5 Å². The summed E-state index contributed by atoms with van der Waals surface area (Å²) in [7, 11) is 0. The first kappa shape index (κ1) is 21.7. The van der Waals surface area contributed by atoms with Gasteiger partial charge in [0, 0.05) is 10.7 Å². The van der Waals surface area contributed by atoms with Crippen molar-refractivity contribution < 1.29 is 19.1 Å². The third-order valence-electron chi connectivity index (χ3n) is 4.07. The topological polar surface area (TPSA) is 96.9 Å². The first-order valence-electron chi connectivity index (χ1n) is 9.19. The van der Waals surface area contributed by atoms with Gasteiger partial charge in [-0.1, -0.05) is 29.3 Å². The van der Waals surface area contributed by atoms with Crippen LogP contribution in [0, 0.1) is 6.92 Å². The molecule has 0 saturated carbocycles. The maximum atomic E-state index is 12.1. The van der Waals surface area contributed by atoms with Crippen LogP contribution in [0.3, 0.4) is 0 Å². The van der Waals surface area contributed by atoms with Crippen molar-refractivity contribution >= 4 is 41.3 Å². The average molecular weight is 436 g/mol. The molecule has 3 aromatic carbocycles. The second kappa shape index (κ2) is 10.2.